The Morgan fingerprint density at radius 3 is 2.33 bits per heavy atom. The number of nitrogens with one attached hydrogen (secondary N) is 1. The van der Waals surface area contributed by atoms with Gasteiger partial charge in [-0.25, -0.2) is 12.8 Å². The lowest BCUT2D eigenvalue weighted by Crippen LogP contribution is -2.53. The van der Waals surface area contributed by atoms with E-state index in [4.69, 9.17) is 32.7 Å². The lowest BCUT2D eigenvalue weighted by Gasteiger charge is -2.34. The van der Waals surface area contributed by atoms with Crippen molar-refractivity contribution in [3.8, 4) is 11.5 Å². The molecule has 240 valence electrons. The van der Waals surface area contributed by atoms with Crippen LogP contribution in [0, 0.1) is 5.82 Å². The van der Waals surface area contributed by atoms with Crippen LogP contribution in [0.4, 0.5) is 10.1 Å². The highest BCUT2D eigenvalue weighted by Crippen LogP contribution is 2.34. The monoisotopic (exact) mass is 677 g/mol. The Morgan fingerprint density at radius 2 is 1.67 bits per heavy atom. The fraction of sp³-hybridized carbons (Fsp3) is 0.375. The molecule has 2 amide bonds. The summed E-state index contributed by atoms with van der Waals surface area (Å²) in [5, 5.41) is 3.77. The molecular formula is C32H34Cl2FN3O6S. The van der Waals surface area contributed by atoms with Crippen molar-refractivity contribution in [2.24, 2.45) is 0 Å². The van der Waals surface area contributed by atoms with Gasteiger partial charge in [-0.3, -0.25) is 13.9 Å². The predicted molar refractivity (Wildman–Crippen MR) is 170 cm³/mol. The van der Waals surface area contributed by atoms with Gasteiger partial charge in [0, 0.05) is 28.7 Å². The van der Waals surface area contributed by atoms with Crippen molar-refractivity contribution in [3.05, 3.63) is 82.1 Å². The average Bonchev–Trinajstić information content (AvgIpc) is 3.54. The van der Waals surface area contributed by atoms with E-state index in [2.05, 4.69) is 5.32 Å². The van der Waals surface area contributed by atoms with Gasteiger partial charge in [-0.1, -0.05) is 49.0 Å². The van der Waals surface area contributed by atoms with Crippen LogP contribution < -0.4 is 19.1 Å². The van der Waals surface area contributed by atoms with Crippen LogP contribution in [0.5, 0.6) is 11.5 Å². The molecule has 0 bridgehead atoms. The maximum Gasteiger partial charge on any atom is 0.264 e. The van der Waals surface area contributed by atoms with E-state index in [1.807, 2.05) is 0 Å². The van der Waals surface area contributed by atoms with Crippen LogP contribution in [0.1, 0.15) is 44.6 Å². The fourth-order valence-electron chi connectivity index (χ4n) is 5.57. The number of fused-ring (bicyclic) bond motifs is 1. The zero-order valence-electron chi connectivity index (χ0n) is 24.7. The van der Waals surface area contributed by atoms with Crippen molar-refractivity contribution < 1.29 is 31.9 Å². The summed E-state index contributed by atoms with van der Waals surface area (Å²) in [6, 6.07) is 12.9. The standard InChI is InChI=1S/C32H34Cl2FN3O6S/c1-2-28(32(40)36-24-5-3-4-6-24)37(19-21-7-8-22(33)17-27(21)34)31(39)20-38(25-11-9-23(35)10-12-25)45(41,42)26-13-14-29-30(18-26)44-16-15-43-29/h7-14,17-18,24,28H,2-6,15-16,19-20H2,1H3,(H,36,40)/t28-/m0/s1. The number of ether oxygens (including phenoxy) is 2. The number of anilines is 1. The van der Waals surface area contributed by atoms with E-state index in [0.717, 1.165) is 42.1 Å². The molecule has 0 unspecified atom stereocenters. The molecule has 1 atom stereocenters. The number of carbonyl (C=O) groups is 2. The quantitative estimate of drug-likeness (QED) is 0.268. The summed E-state index contributed by atoms with van der Waals surface area (Å²) in [6.07, 6.45) is 3.99. The summed E-state index contributed by atoms with van der Waals surface area (Å²) in [5.41, 5.74) is 0.595. The molecule has 3 aromatic carbocycles. The van der Waals surface area contributed by atoms with Crippen LogP contribution in [-0.2, 0) is 26.2 Å². The molecule has 5 rings (SSSR count). The van der Waals surface area contributed by atoms with Crippen LogP contribution in [0.3, 0.4) is 0 Å². The summed E-state index contributed by atoms with van der Waals surface area (Å²) >= 11 is 12.6. The van der Waals surface area contributed by atoms with Gasteiger partial charge in [-0.2, -0.15) is 0 Å². The zero-order valence-corrected chi connectivity index (χ0v) is 27.0. The third kappa shape index (κ3) is 7.65. The molecule has 1 aliphatic carbocycles. The summed E-state index contributed by atoms with van der Waals surface area (Å²) in [6.45, 7) is 1.61. The largest absolute Gasteiger partial charge is 0.486 e. The first-order valence-electron chi connectivity index (χ1n) is 14.8. The maximum absolute atomic E-state index is 14.3. The fourth-order valence-corrected chi connectivity index (χ4v) is 7.47. The van der Waals surface area contributed by atoms with Crippen molar-refractivity contribution in [2.75, 3.05) is 24.1 Å². The molecule has 1 heterocycles. The van der Waals surface area contributed by atoms with Gasteiger partial charge in [0.15, 0.2) is 11.5 Å². The van der Waals surface area contributed by atoms with Crippen molar-refractivity contribution in [1.82, 2.24) is 10.2 Å². The van der Waals surface area contributed by atoms with E-state index in [0.29, 0.717) is 28.0 Å². The molecule has 1 fully saturated rings. The lowest BCUT2D eigenvalue weighted by atomic mass is 10.1. The van der Waals surface area contributed by atoms with Gasteiger partial charge >= 0.3 is 0 Å². The zero-order chi connectivity index (χ0) is 32.1. The molecule has 0 spiro atoms. The van der Waals surface area contributed by atoms with Crippen LogP contribution in [0.15, 0.2) is 65.6 Å². The molecule has 45 heavy (non-hydrogen) atoms. The van der Waals surface area contributed by atoms with E-state index in [9.17, 15) is 22.4 Å². The Bertz CT molecular complexity index is 1650. The first-order valence-corrected chi connectivity index (χ1v) is 17.0. The SMILES string of the molecule is CC[C@@H](C(=O)NC1CCCC1)N(Cc1ccc(Cl)cc1Cl)C(=O)CN(c1ccc(F)cc1)S(=O)(=O)c1ccc2c(c1)OCCO2. The molecule has 0 saturated heterocycles. The van der Waals surface area contributed by atoms with E-state index in [1.165, 1.54) is 41.3 Å². The highest BCUT2D eigenvalue weighted by atomic mass is 35.5. The van der Waals surface area contributed by atoms with E-state index < -0.39 is 34.3 Å². The number of hydrogen-bond donors (Lipinski definition) is 1. The number of sulfonamides is 1. The second-order valence-electron chi connectivity index (χ2n) is 11.0. The van der Waals surface area contributed by atoms with Gasteiger partial charge in [0.05, 0.1) is 10.6 Å². The van der Waals surface area contributed by atoms with Crippen LogP contribution >= 0.6 is 23.2 Å². The number of halogens is 3. The van der Waals surface area contributed by atoms with Crippen molar-refractivity contribution in [3.63, 3.8) is 0 Å². The Labute approximate surface area is 272 Å². The minimum Gasteiger partial charge on any atom is -0.486 e. The van der Waals surface area contributed by atoms with Gasteiger partial charge in [-0.15, -0.1) is 0 Å². The average molecular weight is 679 g/mol. The molecule has 1 aliphatic heterocycles. The number of hydrogen-bond acceptors (Lipinski definition) is 6. The highest BCUT2D eigenvalue weighted by Gasteiger charge is 2.35. The van der Waals surface area contributed by atoms with Gasteiger partial charge in [0.25, 0.3) is 10.0 Å². The van der Waals surface area contributed by atoms with Crippen molar-refractivity contribution in [2.45, 2.75) is 62.6 Å². The third-order valence-corrected chi connectivity index (χ3v) is 10.3. The van der Waals surface area contributed by atoms with Crippen LogP contribution in [-0.4, -0.2) is 57.0 Å². The van der Waals surface area contributed by atoms with Gasteiger partial charge in [0.1, 0.15) is 31.6 Å². The first kappa shape index (κ1) is 32.8. The molecule has 0 aromatic heterocycles. The van der Waals surface area contributed by atoms with Crippen LogP contribution in [0.25, 0.3) is 0 Å². The number of rotatable bonds is 11. The summed E-state index contributed by atoms with van der Waals surface area (Å²) in [7, 11) is -4.40. The second kappa shape index (κ2) is 14.3. The minimum absolute atomic E-state index is 0.00826. The van der Waals surface area contributed by atoms with E-state index in [-0.39, 0.29) is 47.9 Å². The number of amides is 2. The maximum atomic E-state index is 14.3. The predicted octanol–water partition coefficient (Wildman–Crippen LogP) is 5.97. The molecule has 13 heteroatoms. The van der Waals surface area contributed by atoms with E-state index >= 15 is 0 Å². The minimum atomic E-state index is -4.40. The smallest absolute Gasteiger partial charge is 0.264 e. The van der Waals surface area contributed by atoms with E-state index in [1.54, 1.807) is 19.1 Å². The highest BCUT2D eigenvalue weighted by molar-refractivity contribution is 7.92. The summed E-state index contributed by atoms with van der Waals surface area (Å²) in [4.78, 5) is 29.1. The summed E-state index contributed by atoms with van der Waals surface area (Å²) in [5.74, 6) is -0.905. The first-order chi connectivity index (χ1) is 21.6. The molecule has 1 N–H and O–H groups in total. The molecule has 3 aromatic rings. The topological polar surface area (TPSA) is 105 Å². The third-order valence-electron chi connectivity index (χ3n) is 7.94. The van der Waals surface area contributed by atoms with Crippen molar-refractivity contribution >= 4 is 50.7 Å². The Balaban J connectivity index is 1.52. The molecule has 0 radical (unpaired) electrons. The van der Waals surface area contributed by atoms with Crippen LogP contribution in [0.2, 0.25) is 10.0 Å². The van der Waals surface area contributed by atoms with Gasteiger partial charge in [0.2, 0.25) is 11.8 Å². The van der Waals surface area contributed by atoms with Gasteiger partial charge in [-0.05, 0) is 73.4 Å². The Morgan fingerprint density at radius 1 is 0.978 bits per heavy atom. The second-order valence-corrected chi connectivity index (χ2v) is 13.7. The molecule has 9 nitrogen and oxygen atoms in total. The molecular weight excluding hydrogens is 644 g/mol. The Kier molecular flexibility index (Phi) is 10.4. The molecule has 1 saturated carbocycles. The summed E-state index contributed by atoms with van der Waals surface area (Å²) < 4.78 is 54.3. The van der Waals surface area contributed by atoms with Gasteiger partial charge < -0.3 is 19.7 Å². The number of carbonyl (C=O) groups excluding carboxylic acids is 2. The molecule has 2 aliphatic rings. The van der Waals surface area contributed by atoms with Crippen molar-refractivity contribution in [1.29, 1.82) is 0 Å². The lowest BCUT2D eigenvalue weighted by molar-refractivity contribution is -0.140. The normalized spacial score (nSPS) is 15.4. The number of benzene rings is 3. The number of nitrogens with zero attached hydrogens (tertiary/aromatic N) is 2. The Hall–Kier alpha value is -3.54.